The Labute approximate surface area is 55.3 Å². The van der Waals surface area contributed by atoms with E-state index in [1.165, 1.54) is 0 Å². The van der Waals surface area contributed by atoms with Gasteiger partial charge in [-0.1, -0.05) is 0 Å². The Kier molecular flexibility index (Phi) is 141. The molecule has 0 spiro atoms. The van der Waals surface area contributed by atoms with Crippen molar-refractivity contribution < 1.29 is 7.96 Å². The monoisotopic (exact) mass is 138 g/mol. The van der Waals surface area contributed by atoms with Gasteiger partial charge in [0.15, 0.2) is 0 Å². The Hall–Kier alpha value is 1.21. The van der Waals surface area contributed by atoms with E-state index < -0.39 is 0 Å². The summed E-state index contributed by atoms with van der Waals surface area (Å²) in [6, 6.07) is 0. The van der Waals surface area contributed by atoms with Crippen LogP contribution in [-0.2, 0) is 0 Å². The third-order valence-electron chi connectivity index (χ3n) is 0. The van der Waals surface area contributed by atoms with Crippen molar-refractivity contribution in [2.24, 2.45) is 0 Å². The normalized spacial score (nSPS) is 1.50. The number of aliphatic hydroxyl groups excluding tert-OH is 1. The molecule has 0 aromatic heterocycles. The van der Waals surface area contributed by atoms with Gasteiger partial charge in [0.25, 0.3) is 0 Å². The zero-order valence-corrected chi connectivity index (χ0v) is 5.69. The molecule has 26 valence electrons. The topological polar surface area (TPSA) is 20.2 Å². The fraction of sp³-hybridized carbons (Fsp3) is 1.00. The van der Waals surface area contributed by atoms with Crippen molar-refractivity contribution in [1.82, 2.24) is 0 Å². The van der Waals surface area contributed by atoms with E-state index in [1.807, 2.05) is 0 Å². The molecule has 0 rings (SSSR count). The van der Waals surface area contributed by atoms with Crippen LogP contribution in [0.3, 0.4) is 0 Å². The summed E-state index contributed by atoms with van der Waals surface area (Å²) >= 11 is 0. The molecule has 3 heteroatoms. The molecule has 0 saturated heterocycles. The van der Waals surface area contributed by atoms with Crippen molar-refractivity contribution in [3.63, 3.8) is 0 Å². The Morgan fingerprint density at radius 1 is 1.50 bits per heavy atom. The predicted octanol–water partition coefficient (Wildman–Crippen LogP) is 0.0306. The fourth-order valence-electron chi connectivity index (χ4n) is 0. The smallest absolute Gasteiger partial charge is 1.00 e. The maximum atomic E-state index is 7.00. The van der Waals surface area contributed by atoms with Crippen LogP contribution in [0.1, 0.15) is 2.85 Å². The van der Waals surface area contributed by atoms with Crippen molar-refractivity contribution >= 4 is 40.0 Å². The van der Waals surface area contributed by atoms with E-state index in [-0.39, 0.29) is 42.9 Å². The molecule has 0 aromatic rings. The average molecular weight is 139 g/mol. The first-order valence-electron chi connectivity index (χ1n) is 0.447. The van der Waals surface area contributed by atoms with Gasteiger partial charge in [0, 0.05) is 7.11 Å². The molecule has 0 aliphatic carbocycles. The molecule has 0 saturated carbocycles. The summed E-state index contributed by atoms with van der Waals surface area (Å²) in [6.07, 6.45) is 0. The van der Waals surface area contributed by atoms with Crippen molar-refractivity contribution in [2.45, 2.75) is 0 Å². The molecule has 0 amide bonds. The van der Waals surface area contributed by atoms with Crippen LogP contribution in [0.25, 0.3) is 0 Å². The van der Waals surface area contributed by atoms with Gasteiger partial charge in [-0.05, 0) is 0 Å². The minimum absolute atomic E-state index is 0. The summed E-state index contributed by atoms with van der Waals surface area (Å²) < 4.78 is 0. The third-order valence-corrected chi connectivity index (χ3v) is 0. The second kappa shape index (κ2) is 29.7. The van der Waals surface area contributed by atoms with E-state index in [2.05, 4.69) is 0 Å². The van der Waals surface area contributed by atoms with Gasteiger partial charge < -0.3 is 7.96 Å². The minimum Gasteiger partial charge on any atom is -1.00 e. The molecule has 0 aromatic carbocycles. The molecular weight excluding hydrogens is 132 g/mol. The van der Waals surface area contributed by atoms with Crippen molar-refractivity contribution in [1.29, 1.82) is 0 Å². The Bertz CT molecular complexity index is 13.5. The van der Waals surface area contributed by atoms with Gasteiger partial charge in [-0.15, -0.1) is 17.0 Å². The Morgan fingerprint density at radius 3 is 1.50 bits per heavy atom. The predicted molar refractivity (Wildman–Crippen MR) is 26.4 cm³/mol. The molecule has 1 N–H and O–H groups in total. The van der Waals surface area contributed by atoms with E-state index in [0.29, 0.717) is 0 Å². The van der Waals surface area contributed by atoms with Crippen LogP contribution in [0.2, 0.25) is 0 Å². The average Bonchev–Trinajstić information content (AvgIpc) is 1.00. The van der Waals surface area contributed by atoms with E-state index in [0.717, 1.165) is 7.11 Å². The van der Waals surface area contributed by atoms with E-state index in [1.54, 1.807) is 0 Å². The van der Waals surface area contributed by atoms with Gasteiger partial charge in [-0.25, -0.2) is 0 Å². The van der Waals surface area contributed by atoms with E-state index in [9.17, 15) is 0 Å². The maximum Gasteiger partial charge on any atom is 2.00 e. The first kappa shape index (κ1) is 18.9. The standard InChI is InChI=1S/CH4O.BrH.Mg.2H/c1-2;;;;/h2H,1H3;1H;;;/q;;+2;2*-1. The van der Waals surface area contributed by atoms with Crippen LogP contribution in [-0.4, -0.2) is 35.3 Å². The summed E-state index contributed by atoms with van der Waals surface area (Å²) in [5, 5.41) is 7.00. The van der Waals surface area contributed by atoms with Gasteiger partial charge in [0.1, 0.15) is 0 Å². The second-order valence-electron chi connectivity index (χ2n) is 0. The number of aliphatic hydroxyl groups is 1. The van der Waals surface area contributed by atoms with Crippen LogP contribution in [0.15, 0.2) is 0 Å². The third kappa shape index (κ3) is 10.7. The Balaban J connectivity index is -0.000000000833. The molecule has 0 aliphatic rings. The van der Waals surface area contributed by atoms with Crippen molar-refractivity contribution in [3.05, 3.63) is 0 Å². The summed E-state index contributed by atoms with van der Waals surface area (Å²) in [5.41, 5.74) is 0. The van der Waals surface area contributed by atoms with Gasteiger partial charge >= 0.3 is 23.1 Å². The first-order chi connectivity index (χ1) is 1.00. The second-order valence-corrected chi connectivity index (χ2v) is 0. The fourth-order valence-corrected chi connectivity index (χ4v) is 0. The molecule has 0 fully saturated rings. The van der Waals surface area contributed by atoms with E-state index >= 15 is 0 Å². The van der Waals surface area contributed by atoms with E-state index in [4.69, 9.17) is 5.11 Å². The summed E-state index contributed by atoms with van der Waals surface area (Å²) in [4.78, 5) is 0. The summed E-state index contributed by atoms with van der Waals surface area (Å²) in [7, 11) is 1.00. The first-order valence-corrected chi connectivity index (χ1v) is 0.447. The van der Waals surface area contributed by atoms with Gasteiger partial charge in [-0.3, -0.25) is 0 Å². The molecule has 0 bridgehead atoms. The number of rotatable bonds is 0. The van der Waals surface area contributed by atoms with Gasteiger partial charge in [0.05, 0.1) is 0 Å². The van der Waals surface area contributed by atoms with Crippen LogP contribution in [0.5, 0.6) is 0 Å². The SMILES string of the molecule is Br.CO.[H-].[H-].[Mg+2]. The van der Waals surface area contributed by atoms with Crippen LogP contribution in [0, 0.1) is 0 Å². The zero-order valence-electron chi connectivity index (χ0n) is 4.56. The summed E-state index contributed by atoms with van der Waals surface area (Å²) in [6.45, 7) is 0. The number of halogens is 1. The molecule has 0 unspecified atom stereocenters. The maximum absolute atomic E-state index is 7.00. The molecule has 0 aliphatic heterocycles. The number of hydrogen-bond acceptors (Lipinski definition) is 1. The molecule has 0 radical (unpaired) electrons. The van der Waals surface area contributed by atoms with Gasteiger partial charge in [0.2, 0.25) is 0 Å². The Morgan fingerprint density at radius 2 is 1.50 bits per heavy atom. The number of hydrogen-bond donors (Lipinski definition) is 1. The molecule has 0 atom stereocenters. The van der Waals surface area contributed by atoms with Crippen molar-refractivity contribution in [3.8, 4) is 0 Å². The van der Waals surface area contributed by atoms with Crippen LogP contribution < -0.4 is 0 Å². The molecule has 0 heterocycles. The largest absolute Gasteiger partial charge is 2.00 e. The van der Waals surface area contributed by atoms with Crippen LogP contribution >= 0.6 is 17.0 Å². The molecule has 1 nitrogen and oxygen atoms in total. The quantitative estimate of drug-likeness (QED) is 0.470. The zero-order chi connectivity index (χ0) is 2.00. The minimum atomic E-state index is 0. The molecule has 4 heavy (non-hydrogen) atoms. The van der Waals surface area contributed by atoms with Crippen LogP contribution in [0.4, 0.5) is 0 Å². The summed E-state index contributed by atoms with van der Waals surface area (Å²) in [5.74, 6) is 0. The van der Waals surface area contributed by atoms with Gasteiger partial charge in [-0.2, -0.15) is 0 Å². The van der Waals surface area contributed by atoms with Crippen molar-refractivity contribution in [2.75, 3.05) is 7.11 Å². The molecular formula is CH7BrMgO.